The van der Waals surface area contributed by atoms with E-state index < -0.39 is 4.92 Å². The zero-order valence-electron chi connectivity index (χ0n) is 14.1. The SMILES string of the molecule is CCCCCN(CCCCC)C(=S)Nc1ccc([N+](=O)[O-])cc1. The number of anilines is 1. The molecule has 0 saturated carbocycles. The highest BCUT2D eigenvalue weighted by atomic mass is 32.1. The summed E-state index contributed by atoms with van der Waals surface area (Å²) in [6.07, 6.45) is 7.03. The van der Waals surface area contributed by atoms with Gasteiger partial charge in [-0.2, -0.15) is 0 Å². The summed E-state index contributed by atoms with van der Waals surface area (Å²) in [7, 11) is 0. The van der Waals surface area contributed by atoms with Gasteiger partial charge < -0.3 is 10.2 Å². The van der Waals surface area contributed by atoms with E-state index in [0.29, 0.717) is 5.11 Å². The van der Waals surface area contributed by atoms with Crippen LogP contribution in [0.1, 0.15) is 52.4 Å². The van der Waals surface area contributed by atoms with Crippen LogP contribution in [0.2, 0.25) is 0 Å². The molecule has 0 atom stereocenters. The monoisotopic (exact) mass is 337 g/mol. The van der Waals surface area contributed by atoms with Crippen molar-refractivity contribution in [2.45, 2.75) is 52.4 Å². The minimum Gasteiger partial charge on any atom is -0.349 e. The zero-order valence-corrected chi connectivity index (χ0v) is 14.9. The second kappa shape index (κ2) is 10.9. The molecule has 0 fully saturated rings. The Bertz CT molecular complexity index is 481. The summed E-state index contributed by atoms with van der Waals surface area (Å²) in [5.41, 5.74) is 0.876. The Kier molecular flexibility index (Phi) is 9.21. The van der Waals surface area contributed by atoms with E-state index in [-0.39, 0.29) is 5.69 Å². The van der Waals surface area contributed by atoms with E-state index in [0.717, 1.165) is 31.6 Å². The molecule has 1 N–H and O–H groups in total. The summed E-state index contributed by atoms with van der Waals surface area (Å²) in [4.78, 5) is 12.5. The lowest BCUT2D eigenvalue weighted by Gasteiger charge is -2.26. The number of nitrogens with one attached hydrogen (secondary N) is 1. The van der Waals surface area contributed by atoms with Gasteiger partial charge >= 0.3 is 0 Å². The van der Waals surface area contributed by atoms with Gasteiger partial charge in [0.2, 0.25) is 0 Å². The molecule has 1 aromatic carbocycles. The van der Waals surface area contributed by atoms with Gasteiger partial charge in [0.05, 0.1) is 4.92 Å². The first-order valence-corrected chi connectivity index (χ1v) is 8.79. The van der Waals surface area contributed by atoms with Crippen molar-refractivity contribution in [1.29, 1.82) is 0 Å². The van der Waals surface area contributed by atoms with Crippen molar-refractivity contribution < 1.29 is 4.92 Å². The molecule has 0 radical (unpaired) electrons. The van der Waals surface area contributed by atoms with Crippen molar-refractivity contribution in [3.05, 3.63) is 34.4 Å². The van der Waals surface area contributed by atoms with Gasteiger partial charge in [0.1, 0.15) is 0 Å². The third-order valence-electron chi connectivity index (χ3n) is 3.68. The van der Waals surface area contributed by atoms with Crippen LogP contribution in [-0.2, 0) is 0 Å². The minimum atomic E-state index is -0.399. The largest absolute Gasteiger partial charge is 0.349 e. The molecule has 128 valence electrons. The molecule has 1 rings (SSSR count). The molecule has 0 aliphatic carbocycles. The fourth-order valence-corrected chi connectivity index (χ4v) is 2.59. The maximum Gasteiger partial charge on any atom is 0.269 e. The highest BCUT2D eigenvalue weighted by Gasteiger charge is 2.10. The van der Waals surface area contributed by atoms with Crippen LogP contribution in [0, 0.1) is 10.1 Å². The summed E-state index contributed by atoms with van der Waals surface area (Å²) >= 11 is 5.52. The third-order valence-corrected chi connectivity index (χ3v) is 4.04. The third kappa shape index (κ3) is 7.41. The van der Waals surface area contributed by atoms with Crippen LogP contribution < -0.4 is 5.32 Å². The minimum absolute atomic E-state index is 0.0872. The quantitative estimate of drug-likeness (QED) is 0.282. The number of nitrogens with zero attached hydrogens (tertiary/aromatic N) is 2. The Morgan fingerprint density at radius 1 is 1.09 bits per heavy atom. The number of rotatable bonds is 10. The Morgan fingerprint density at radius 2 is 1.61 bits per heavy atom. The molecule has 6 heteroatoms. The fraction of sp³-hybridized carbons (Fsp3) is 0.588. The van der Waals surface area contributed by atoms with Crippen molar-refractivity contribution in [2.24, 2.45) is 0 Å². The maximum atomic E-state index is 10.7. The Balaban J connectivity index is 2.61. The summed E-state index contributed by atoms with van der Waals surface area (Å²) in [6, 6.07) is 6.37. The molecule has 1 aromatic rings. The number of unbranched alkanes of at least 4 members (excludes halogenated alkanes) is 4. The predicted molar refractivity (Wildman–Crippen MR) is 99.9 cm³/mol. The van der Waals surface area contributed by atoms with Crippen LogP contribution in [0.5, 0.6) is 0 Å². The number of thiocarbonyl (C=S) groups is 1. The van der Waals surface area contributed by atoms with Crippen LogP contribution in [0.3, 0.4) is 0 Å². The molecule has 0 saturated heterocycles. The van der Waals surface area contributed by atoms with Crippen molar-refractivity contribution in [2.75, 3.05) is 18.4 Å². The summed E-state index contributed by atoms with van der Waals surface area (Å²) in [5, 5.41) is 14.6. The Labute approximate surface area is 144 Å². The first-order chi connectivity index (χ1) is 11.1. The first kappa shape index (κ1) is 19.4. The van der Waals surface area contributed by atoms with E-state index in [4.69, 9.17) is 12.2 Å². The molecular weight excluding hydrogens is 310 g/mol. The van der Waals surface area contributed by atoms with Crippen molar-refractivity contribution >= 4 is 28.7 Å². The van der Waals surface area contributed by atoms with Crippen LogP contribution in [-0.4, -0.2) is 28.0 Å². The molecule has 0 aliphatic rings. The van der Waals surface area contributed by atoms with Gasteiger partial charge in [0, 0.05) is 30.9 Å². The second-order valence-corrected chi connectivity index (χ2v) is 6.02. The maximum absolute atomic E-state index is 10.7. The predicted octanol–water partition coefficient (Wildman–Crippen LogP) is 4.97. The first-order valence-electron chi connectivity index (χ1n) is 8.38. The van der Waals surface area contributed by atoms with Gasteiger partial charge in [-0.15, -0.1) is 0 Å². The Morgan fingerprint density at radius 3 is 2.04 bits per heavy atom. The van der Waals surface area contributed by atoms with E-state index in [1.54, 1.807) is 12.1 Å². The van der Waals surface area contributed by atoms with Crippen molar-refractivity contribution in [3.8, 4) is 0 Å². The van der Waals surface area contributed by atoms with Crippen LogP contribution in [0.25, 0.3) is 0 Å². The molecule has 0 bridgehead atoms. The van der Waals surface area contributed by atoms with E-state index in [1.165, 1.54) is 37.8 Å². The molecule has 0 heterocycles. The van der Waals surface area contributed by atoms with E-state index in [1.807, 2.05) is 0 Å². The lowest BCUT2D eigenvalue weighted by atomic mass is 10.2. The summed E-state index contributed by atoms with van der Waals surface area (Å²) in [5.74, 6) is 0. The van der Waals surface area contributed by atoms with Gasteiger partial charge in [-0.05, 0) is 37.2 Å². The fourth-order valence-electron chi connectivity index (χ4n) is 2.29. The topological polar surface area (TPSA) is 58.4 Å². The molecule has 0 unspecified atom stereocenters. The van der Waals surface area contributed by atoms with Gasteiger partial charge in [0.25, 0.3) is 5.69 Å². The lowest BCUT2D eigenvalue weighted by Crippen LogP contribution is -2.36. The van der Waals surface area contributed by atoms with Crippen LogP contribution in [0.4, 0.5) is 11.4 Å². The average molecular weight is 337 g/mol. The van der Waals surface area contributed by atoms with E-state index in [9.17, 15) is 10.1 Å². The van der Waals surface area contributed by atoms with E-state index in [2.05, 4.69) is 24.1 Å². The molecule has 5 nitrogen and oxygen atoms in total. The summed E-state index contributed by atoms with van der Waals surface area (Å²) in [6.45, 7) is 6.29. The number of hydrogen-bond donors (Lipinski definition) is 1. The van der Waals surface area contributed by atoms with Gasteiger partial charge in [-0.1, -0.05) is 39.5 Å². The number of non-ortho nitro benzene ring substituents is 1. The number of hydrogen-bond acceptors (Lipinski definition) is 3. The molecular formula is C17H27N3O2S. The standard InChI is InChI=1S/C17H27N3O2S/c1-3-5-7-13-19(14-8-6-4-2)17(23)18-15-9-11-16(12-10-15)20(21)22/h9-12H,3-8,13-14H2,1-2H3,(H,18,23). The number of nitro groups is 1. The highest BCUT2D eigenvalue weighted by molar-refractivity contribution is 7.80. The Hall–Kier alpha value is -1.69. The van der Waals surface area contributed by atoms with Crippen molar-refractivity contribution in [1.82, 2.24) is 4.90 Å². The smallest absolute Gasteiger partial charge is 0.269 e. The van der Waals surface area contributed by atoms with Gasteiger partial charge in [0.15, 0.2) is 5.11 Å². The zero-order chi connectivity index (χ0) is 17.1. The molecule has 0 aromatic heterocycles. The second-order valence-electron chi connectivity index (χ2n) is 5.64. The lowest BCUT2D eigenvalue weighted by molar-refractivity contribution is -0.384. The van der Waals surface area contributed by atoms with Gasteiger partial charge in [-0.25, -0.2) is 0 Å². The van der Waals surface area contributed by atoms with Crippen LogP contribution in [0.15, 0.2) is 24.3 Å². The molecule has 0 aliphatic heterocycles. The van der Waals surface area contributed by atoms with Gasteiger partial charge in [-0.3, -0.25) is 10.1 Å². The highest BCUT2D eigenvalue weighted by Crippen LogP contribution is 2.16. The number of nitro benzene ring substituents is 1. The number of benzene rings is 1. The molecule has 0 amide bonds. The summed E-state index contributed by atoms with van der Waals surface area (Å²) < 4.78 is 0. The molecule has 23 heavy (non-hydrogen) atoms. The average Bonchev–Trinajstić information content (AvgIpc) is 2.54. The van der Waals surface area contributed by atoms with Crippen molar-refractivity contribution in [3.63, 3.8) is 0 Å². The normalized spacial score (nSPS) is 10.3. The molecule has 0 spiro atoms. The van der Waals surface area contributed by atoms with E-state index >= 15 is 0 Å². The van der Waals surface area contributed by atoms with Crippen LogP contribution >= 0.6 is 12.2 Å².